The Labute approximate surface area is 133 Å². The van der Waals surface area contributed by atoms with Crippen molar-refractivity contribution in [2.45, 2.75) is 11.8 Å². The van der Waals surface area contributed by atoms with Crippen molar-refractivity contribution in [2.24, 2.45) is 0 Å². The molecule has 118 valence electrons. The highest BCUT2D eigenvalue weighted by Gasteiger charge is 2.33. The van der Waals surface area contributed by atoms with Gasteiger partial charge < -0.3 is 10.4 Å². The smallest absolute Gasteiger partial charge is 0.257 e. The van der Waals surface area contributed by atoms with Crippen molar-refractivity contribution in [3.05, 3.63) is 59.3 Å². The third kappa shape index (κ3) is 2.83. The van der Waals surface area contributed by atoms with E-state index in [4.69, 9.17) is 0 Å². The average molecular weight is 330 g/mol. The Morgan fingerprint density at radius 2 is 1.91 bits per heavy atom. The minimum Gasteiger partial charge on any atom is -0.507 e. The highest BCUT2D eigenvalue weighted by molar-refractivity contribution is 7.91. The first-order chi connectivity index (χ1) is 10.9. The number of nitrogens with one attached hydrogen (secondary N) is 1. The van der Waals surface area contributed by atoms with Crippen LogP contribution in [0.4, 0.5) is 5.82 Å². The number of rotatable bonds is 2. The lowest BCUT2D eigenvalue weighted by atomic mass is 10.1. The highest BCUT2D eigenvalue weighted by Crippen LogP contribution is 2.32. The van der Waals surface area contributed by atoms with E-state index in [0.717, 1.165) is 0 Å². The van der Waals surface area contributed by atoms with Crippen LogP contribution in [0.15, 0.2) is 52.9 Å². The predicted molar refractivity (Wildman–Crippen MR) is 85.6 cm³/mol. The van der Waals surface area contributed by atoms with Crippen molar-refractivity contribution in [3.63, 3.8) is 0 Å². The van der Waals surface area contributed by atoms with Gasteiger partial charge in [0, 0.05) is 11.3 Å². The summed E-state index contributed by atoms with van der Waals surface area (Å²) in [6.07, 6.45) is 0. The number of aliphatic hydroxyl groups excluding tert-OH is 1. The zero-order valence-electron chi connectivity index (χ0n) is 12.3. The monoisotopic (exact) mass is 330 g/mol. The number of amides is 1. The molecule has 23 heavy (non-hydrogen) atoms. The maximum atomic E-state index is 12.4. The molecule has 0 saturated carbocycles. The minimum absolute atomic E-state index is 0.0303. The van der Waals surface area contributed by atoms with E-state index in [1.807, 2.05) is 0 Å². The average Bonchev–Trinajstić information content (AvgIpc) is 2.51. The Kier molecular flexibility index (Phi) is 3.65. The van der Waals surface area contributed by atoms with E-state index in [0.29, 0.717) is 11.5 Å². The molecular formula is C16H14N2O4S. The van der Waals surface area contributed by atoms with Crippen molar-refractivity contribution < 1.29 is 18.3 Å². The summed E-state index contributed by atoms with van der Waals surface area (Å²) in [5.74, 6) is -1.25. The maximum absolute atomic E-state index is 12.4. The predicted octanol–water partition coefficient (Wildman–Crippen LogP) is 2.09. The second kappa shape index (κ2) is 5.51. The number of anilines is 1. The number of hydrogen-bond acceptors (Lipinski definition) is 5. The fourth-order valence-corrected chi connectivity index (χ4v) is 4.00. The van der Waals surface area contributed by atoms with Crippen LogP contribution >= 0.6 is 0 Å². The number of benzene rings is 1. The first-order valence-corrected chi connectivity index (χ1v) is 8.53. The SMILES string of the molecule is Cc1cccc(NC(=O)C2=C(O)c3ccccc3S(=O)(=O)C2)n1. The quantitative estimate of drug-likeness (QED) is 0.879. The molecule has 6 nitrogen and oxygen atoms in total. The van der Waals surface area contributed by atoms with Crippen LogP contribution in [-0.2, 0) is 14.6 Å². The van der Waals surface area contributed by atoms with Gasteiger partial charge in [-0.25, -0.2) is 13.4 Å². The van der Waals surface area contributed by atoms with Crippen LogP contribution in [0.5, 0.6) is 0 Å². The Bertz CT molecular complexity index is 933. The van der Waals surface area contributed by atoms with Crippen molar-refractivity contribution in [3.8, 4) is 0 Å². The summed E-state index contributed by atoms with van der Waals surface area (Å²) in [7, 11) is -3.67. The summed E-state index contributed by atoms with van der Waals surface area (Å²) in [5.41, 5.74) is 0.663. The molecule has 0 atom stereocenters. The number of aromatic nitrogens is 1. The summed E-state index contributed by atoms with van der Waals surface area (Å²) in [6.45, 7) is 1.77. The van der Waals surface area contributed by atoms with Crippen LogP contribution in [0.3, 0.4) is 0 Å². The number of carbonyl (C=O) groups excluding carboxylic acids is 1. The second-order valence-electron chi connectivity index (χ2n) is 5.20. The van der Waals surface area contributed by atoms with Gasteiger partial charge in [0.25, 0.3) is 5.91 Å². The van der Waals surface area contributed by atoms with Crippen LogP contribution in [0.2, 0.25) is 0 Å². The van der Waals surface area contributed by atoms with Gasteiger partial charge >= 0.3 is 0 Å². The summed E-state index contributed by atoms with van der Waals surface area (Å²) >= 11 is 0. The molecule has 0 radical (unpaired) electrons. The van der Waals surface area contributed by atoms with E-state index in [1.54, 1.807) is 37.3 Å². The molecule has 7 heteroatoms. The second-order valence-corrected chi connectivity index (χ2v) is 7.16. The van der Waals surface area contributed by atoms with E-state index >= 15 is 0 Å². The molecule has 2 aromatic rings. The van der Waals surface area contributed by atoms with Crippen molar-refractivity contribution in [1.29, 1.82) is 0 Å². The summed E-state index contributed by atoms with van der Waals surface area (Å²) in [5, 5.41) is 12.8. The summed E-state index contributed by atoms with van der Waals surface area (Å²) in [6, 6.07) is 11.1. The van der Waals surface area contributed by atoms with Gasteiger partial charge in [0.1, 0.15) is 11.6 Å². The Hall–Kier alpha value is -2.67. The van der Waals surface area contributed by atoms with Crippen LogP contribution in [0, 0.1) is 6.92 Å². The van der Waals surface area contributed by atoms with Gasteiger partial charge in [-0.2, -0.15) is 0 Å². The number of carbonyl (C=O) groups is 1. The fourth-order valence-electron chi connectivity index (χ4n) is 2.41. The fraction of sp³-hybridized carbons (Fsp3) is 0.125. The van der Waals surface area contributed by atoms with Gasteiger partial charge in [-0.1, -0.05) is 18.2 Å². The first kappa shape index (κ1) is 15.2. The molecule has 0 saturated heterocycles. The molecule has 2 N–H and O–H groups in total. The molecule has 0 spiro atoms. The highest BCUT2D eigenvalue weighted by atomic mass is 32.2. The number of sulfone groups is 1. The molecular weight excluding hydrogens is 316 g/mol. The van der Waals surface area contributed by atoms with Gasteiger partial charge in [0.15, 0.2) is 9.84 Å². The molecule has 0 bridgehead atoms. The molecule has 1 aliphatic rings. The van der Waals surface area contributed by atoms with Crippen LogP contribution in [-0.4, -0.2) is 30.2 Å². The first-order valence-electron chi connectivity index (χ1n) is 6.88. The van der Waals surface area contributed by atoms with Crippen LogP contribution in [0.25, 0.3) is 5.76 Å². The third-order valence-electron chi connectivity index (χ3n) is 3.50. The molecule has 1 aromatic heterocycles. The van der Waals surface area contributed by atoms with Gasteiger partial charge in [-0.3, -0.25) is 4.79 Å². The maximum Gasteiger partial charge on any atom is 0.257 e. The van der Waals surface area contributed by atoms with E-state index < -0.39 is 21.5 Å². The lowest BCUT2D eigenvalue weighted by molar-refractivity contribution is -0.112. The van der Waals surface area contributed by atoms with Gasteiger partial charge in [0.05, 0.1) is 16.2 Å². The number of hydrogen-bond donors (Lipinski definition) is 2. The Morgan fingerprint density at radius 3 is 2.65 bits per heavy atom. The summed E-state index contributed by atoms with van der Waals surface area (Å²) < 4.78 is 24.6. The summed E-state index contributed by atoms with van der Waals surface area (Å²) in [4.78, 5) is 16.5. The number of aliphatic hydroxyl groups is 1. The van der Waals surface area contributed by atoms with Gasteiger partial charge in [-0.05, 0) is 31.2 Å². The number of fused-ring (bicyclic) bond motifs is 1. The number of aryl methyl sites for hydroxylation is 1. The molecule has 0 aliphatic carbocycles. The molecule has 0 unspecified atom stereocenters. The lowest BCUT2D eigenvalue weighted by Gasteiger charge is -2.19. The van der Waals surface area contributed by atoms with Crippen LogP contribution in [0.1, 0.15) is 11.3 Å². The van der Waals surface area contributed by atoms with Crippen LogP contribution < -0.4 is 5.32 Å². The van der Waals surface area contributed by atoms with E-state index in [1.165, 1.54) is 12.1 Å². The normalized spacial score (nSPS) is 15.9. The largest absolute Gasteiger partial charge is 0.507 e. The molecule has 0 fully saturated rings. The zero-order valence-corrected chi connectivity index (χ0v) is 13.1. The minimum atomic E-state index is -3.67. The Balaban J connectivity index is 2.01. The molecule has 1 amide bonds. The molecule has 1 aliphatic heterocycles. The standard InChI is InChI=1S/C16H14N2O4S/c1-10-5-4-8-14(17-10)18-16(20)12-9-23(21,22)13-7-3-2-6-11(13)15(12)19/h2-8,19H,9H2,1H3,(H,17,18,20). The zero-order chi connectivity index (χ0) is 16.6. The van der Waals surface area contributed by atoms with E-state index in [2.05, 4.69) is 10.3 Å². The van der Waals surface area contributed by atoms with E-state index in [-0.39, 0.29) is 21.8 Å². The topological polar surface area (TPSA) is 96.4 Å². The van der Waals surface area contributed by atoms with E-state index in [9.17, 15) is 18.3 Å². The molecule has 3 rings (SSSR count). The van der Waals surface area contributed by atoms with Gasteiger partial charge in [0.2, 0.25) is 0 Å². The molecule has 1 aromatic carbocycles. The molecule has 2 heterocycles. The van der Waals surface area contributed by atoms with Crippen molar-refractivity contribution in [2.75, 3.05) is 11.1 Å². The van der Waals surface area contributed by atoms with Crippen molar-refractivity contribution >= 4 is 27.3 Å². The van der Waals surface area contributed by atoms with Crippen molar-refractivity contribution in [1.82, 2.24) is 4.98 Å². The number of nitrogens with zero attached hydrogens (tertiary/aromatic N) is 1. The lowest BCUT2D eigenvalue weighted by Crippen LogP contribution is -2.26. The van der Waals surface area contributed by atoms with Gasteiger partial charge in [-0.15, -0.1) is 0 Å². The number of pyridine rings is 1. The third-order valence-corrected chi connectivity index (χ3v) is 5.20. The Morgan fingerprint density at radius 1 is 1.17 bits per heavy atom.